The van der Waals surface area contributed by atoms with Gasteiger partial charge in [-0.15, -0.1) is 0 Å². The van der Waals surface area contributed by atoms with Gasteiger partial charge in [-0.2, -0.15) is 0 Å². The van der Waals surface area contributed by atoms with Crippen LogP contribution in [0.4, 0.5) is 0 Å². The van der Waals surface area contributed by atoms with Crippen LogP contribution in [0.3, 0.4) is 0 Å². The lowest BCUT2D eigenvalue weighted by atomic mass is 10.0. The van der Waals surface area contributed by atoms with Gasteiger partial charge in [-0.3, -0.25) is 19.2 Å². The summed E-state index contributed by atoms with van der Waals surface area (Å²) >= 11 is 0. The molecule has 0 aliphatic carbocycles. The topological polar surface area (TPSA) is 180 Å². The normalized spacial score (nSPS) is 19.4. The Balaban J connectivity index is 2.73. The molecule has 4 atom stereocenters. The molecule has 4 amide bonds. The number of amides is 4. The van der Waals surface area contributed by atoms with Gasteiger partial charge in [-0.05, 0) is 32.2 Å². The molecule has 1 aliphatic heterocycles. The smallest absolute Gasteiger partial charge is 0.326 e. The van der Waals surface area contributed by atoms with Gasteiger partial charge in [-0.25, -0.2) is 4.79 Å². The van der Waals surface area contributed by atoms with E-state index in [0.717, 1.165) is 13.0 Å². The minimum atomic E-state index is -1.35. The van der Waals surface area contributed by atoms with Crippen molar-refractivity contribution in [2.75, 3.05) is 6.54 Å². The highest BCUT2D eigenvalue weighted by Crippen LogP contribution is 2.06. The van der Waals surface area contributed by atoms with Gasteiger partial charge in [0.1, 0.15) is 18.1 Å². The molecule has 7 N–H and O–H groups in total. The number of nitrogens with two attached hydrogens (primary N) is 1. The maximum absolute atomic E-state index is 12.4. The van der Waals surface area contributed by atoms with E-state index in [9.17, 15) is 29.1 Å². The second-order valence-electron chi connectivity index (χ2n) is 7.18. The molecule has 0 aromatic carbocycles. The molecule has 1 heterocycles. The van der Waals surface area contributed by atoms with Crippen molar-refractivity contribution in [3.05, 3.63) is 0 Å². The molecule has 1 aliphatic rings. The maximum Gasteiger partial charge on any atom is 0.326 e. The largest absolute Gasteiger partial charge is 0.480 e. The van der Waals surface area contributed by atoms with E-state index in [1.54, 1.807) is 13.8 Å². The molecule has 1 rings (SSSR count). The standard InChI is InChI=1S/C17H29N5O6/c1-8(2)13(17(27)28)22-16(26)11(7-12(18)23)21-14(24)9(3)20-15(25)10-5-4-6-19-10/h8-11,13,19H,4-7H2,1-3H3,(H2,18,23)(H,20,25)(H,21,24)(H,22,26)(H,27,28). The predicted molar refractivity (Wildman–Crippen MR) is 98.8 cm³/mol. The lowest BCUT2D eigenvalue weighted by Gasteiger charge is -2.24. The van der Waals surface area contributed by atoms with Gasteiger partial charge in [-0.1, -0.05) is 13.8 Å². The number of carbonyl (C=O) groups excluding carboxylic acids is 4. The van der Waals surface area contributed by atoms with E-state index in [2.05, 4.69) is 21.3 Å². The van der Waals surface area contributed by atoms with Gasteiger partial charge in [0, 0.05) is 0 Å². The lowest BCUT2D eigenvalue weighted by molar-refractivity contribution is -0.143. The van der Waals surface area contributed by atoms with Crippen LogP contribution in [0.15, 0.2) is 0 Å². The van der Waals surface area contributed by atoms with E-state index < -0.39 is 54.2 Å². The van der Waals surface area contributed by atoms with Crippen molar-refractivity contribution in [2.45, 2.75) is 64.2 Å². The van der Waals surface area contributed by atoms with Crippen LogP contribution in [0.2, 0.25) is 0 Å². The Kier molecular flexibility index (Phi) is 8.83. The van der Waals surface area contributed by atoms with Gasteiger partial charge >= 0.3 is 5.97 Å². The number of carboxylic acid groups (broad SMARTS) is 1. The summed E-state index contributed by atoms with van der Waals surface area (Å²) in [4.78, 5) is 59.3. The number of carbonyl (C=O) groups is 5. The summed E-state index contributed by atoms with van der Waals surface area (Å²) in [6, 6.07) is -3.87. The average Bonchev–Trinajstić information content (AvgIpc) is 3.12. The highest BCUT2D eigenvalue weighted by atomic mass is 16.4. The summed E-state index contributed by atoms with van der Waals surface area (Å²) in [6.45, 7) is 5.38. The van der Waals surface area contributed by atoms with Crippen molar-refractivity contribution in [3.8, 4) is 0 Å². The van der Waals surface area contributed by atoms with Crippen molar-refractivity contribution >= 4 is 29.6 Å². The first-order valence-electron chi connectivity index (χ1n) is 9.18. The first-order valence-corrected chi connectivity index (χ1v) is 9.18. The molecule has 0 radical (unpaired) electrons. The zero-order chi connectivity index (χ0) is 21.4. The van der Waals surface area contributed by atoms with Crippen LogP contribution < -0.4 is 27.0 Å². The minimum absolute atomic E-state index is 0.332. The zero-order valence-electron chi connectivity index (χ0n) is 16.3. The summed E-state index contributed by atoms with van der Waals surface area (Å²) in [5.41, 5.74) is 5.13. The summed E-state index contributed by atoms with van der Waals surface area (Å²) in [7, 11) is 0. The monoisotopic (exact) mass is 399 g/mol. The van der Waals surface area contributed by atoms with Gasteiger partial charge in [0.2, 0.25) is 23.6 Å². The molecule has 0 bridgehead atoms. The van der Waals surface area contributed by atoms with Gasteiger partial charge in [0.25, 0.3) is 0 Å². The Labute approximate surface area is 163 Å². The molecule has 11 nitrogen and oxygen atoms in total. The number of aliphatic carboxylic acids is 1. The van der Waals surface area contributed by atoms with Gasteiger partial charge in [0.15, 0.2) is 0 Å². The molecule has 1 saturated heterocycles. The molecule has 1 fully saturated rings. The number of hydrogen-bond donors (Lipinski definition) is 6. The van der Waals surface area contributed by atoms with Crippen molar-refractivity contribution in [2.24, 2.45) is 11.7 Å². The lowest BCUT2D eigenvalue weighted by Crippen LogP contribution is -2.57. The van der Waals surface area contributed by atoms with E-state index >= 15 is 0 Å². The second kappa shape index (κ2) is 10.6. The van der Waals surface area contributed by atoms with Crippen LogP contribution in [0.25, 0.3) is 0 Å². The first kappa shape index (κ1) is 23.3. The summed E-state index contributed by atoms with van der Waals surface area (Å²) in [6.07, 6.45) is 1.02. The van der Waals surface area contributed by atoms with E-state index in [4.69, 9.17) is 5.73 Å². The minimum Gasteiger partial charge on any atom is -0.480 e. The van der Waals surface area contributed by atoms with Crippen LogP contribution in [0, 0.1) is 5.92 Å². The highest BCUT2D eigenvalue weighted by molar-refractivity contribution is 5.96. The molecule has 158 valence electrons. The predicted octanol–water partition coefficient (Wildman–Crippen LogP) is -2.17. The molecular weight excluding hydrogens is 370 g/mol. The molecule has 0 aromatic heterocycles. The Morgan fingerprint density at radius 3 is 2.18 bits per heavy atom. The van der Waals surface area contributed by atoms with E-state index in [1.165, 1.54) is 6.92 Å². The molecule has 28 heavy (non-hydrogen) atoms. The fraction of sp³-hybridized carbons (Fsp3) is 0.706. The van der Waals surface area contributed by atoms with Gasteiger partial charge in [0.05, 0.1) is 12.5 Å². The van der Waals surface area contributed by atoms with E-state index in [0.29, 0.717) is 6.42 Å². The maximum atomic E-state index is 12.4. The van der Waals surface area contributed by atoms with Crippen molar-refractivity contribution in [1.29, 1.82) is 0 Å². The number of primary amides is 1. The molecule has 11 heteroatoms. The third kappa shape index (κ3) is 7.14. The molecule has 4 unspecified atom stereocenters. The number of rotatable bonds is 10. The van der Waals surface area contributed by atoms with E-state index in [1.807, 2.05) is 0 Å². The summed E-state index contributed by atoms with van der Waals surface area (Å²) in [5, 5.41) is 19.4. The summed E-state index contributed by atoms with van der Waals surface area (Å²) < 4.78 is 0. The number of carboxylic acids is 1. The Hall–Kier alpha value is -2.69. The van der Waals surface area contributed by atoms with Crippen LogP contribution >= 0.6 is 0 Å². The zero-order valence-corrected chi connectivity index (χ0v) is 16.3. The average molecular weight is 399 g/mol. The summed E-state index contributed by atoms with van der Waals surface area (Å²) in [5.74, 6) is -4.36. The molecular formula is C17H29N5O6. The third-order valence-corrected chi connectivity index (χ3v) is 4.40. The fourth-order valence-corrected chi connectivity index (χ4v) is 2.76. The third-order valence-electron chi connectivity index (χ3n) is 4.40. The number of nitrogens with one attached hydrogen (secondary N) is 4. The van der Waals surface area contributed by atoms with E-state index in [-0.39, 0.29) is 11.9 Å². The van der Waals surface area contributed by atoms with Crippen LogP contribution in [-0.4, -0.2) is 65.4 Å². The Morgan fingerprint density at radius 1 is 1.07 bits per heavy atom. The van der Waals surface area contributed by atoms with Crippen molar-refractivity contribution in [3.63, 3.8) is 0 Å². The fourth-order valence-electron chi connectivity index (χ4n) is 2.76. The Bertz CT molecular complexity index is 617. The molecule has 0 spiro atoms. The van der Waals surface area contributed by atoms with Crippen LogP contribution in [0.1, 0.15) is 40.0 Å². The Morgan fingerprint density at radius 2 is 1.71 bits per heavy atom. The number of hydrogen-bond acceptors (Lipinski definition) is 6. The highest BCUT2D eigenvalue weighted by Gasteiger charge is 2.31. The quantitative estimate of drug-likeness (QED) is 0.242. The van der Waals surface area contributed by atoms with Crippen LogP contribution in [0.5, 0.6) is 0 Å². The van der Waals surface area contributed by atoms with Crippen molar-refractivity contribution in [1.82, 2.24) is 21.3 Å². The molecule has 0 saturated carbocycles. The second-order valence-corrected chi connectivity index (χ2v) is 7.18. The first-order chi connectivity index (χ1) is 13.0. The van der Waals surface area contributed by atoms with Gasteiger partial charge < -0.3 is 32.1 Å². The SMILES string of the molecule is CC(NC(=O)C1CCCN1)C(=O)NC(CC(N)=O)C(=O)NC(C(=O)O)C(C)C. The van der Waals surface area contributed by atoms with Crippen LogP contribution in [-0.2, 0) is 24.0 Å². The van der Waals surface area contributed by atoms with Crippen molar-refractivity contribution < 1.29 is 29.1 Å². The molecule has 0 aromatic rings.